The number of aromatic nitrogens is 3. The predicted molar refractivity (Wildman–Crippen MR) is 145 cm³/mol. The number of imidazole rings is 1. The molecule has 1 aliphatic rings. The summed E-state index contributed by atoms with van der Waals surface area (Å²) in [5.41, 5.74) is 2.50. The number of carbonyl (C=O) groups is 1. The summed E-state index contributed by atoms with van der Waals surface area (Å²) in [6.45, 7) is 0.312. The molecule has 1 saturated heterocycles. The van der Waals surface area contributed by atoms with Gasteiger partial charge in [-0.25, -0.2) is 18.6 Å². The van der Waals surface area contributed by atoms with Crippen molar-refractivity contribution < 1.29 is 23.4 Å². The highest BCUT2D eigenvalue weighted by Gasteiger charge is 2.48. The van der Waals surface area contributed by atoms with E-state index in [0.717, 1.165) is 29.1 Å². The average molecular weight is 541 g/mol. The van der Waals surface area contributed by atoms with Gasteiger partial charge >= 0.3 is 6.09 Å². The van der Waals surface area contributed by atoms with Crippen LogP contribution < -0.4 is 4.74 Å². The van der Waals surface area contributed by atoms with Gasteiger partial charge in [0.2, 0.25) is 0 Å². The molecule has 0 bridgehead atoms. The molecule has 0 aliphatic carbocycles. The van der Waals surface area contributed by atoms with E-state index in [-0.39, 0.29) is 12.2 Å². The number of carboxylic acid groups (broad SMARTS) is 1. The fraction of sp³-hybridized carbons (Fsp3) is 0.194. The maximum absolute atomic E-state index is 14.0. The number of hydrogen-bond donors (Lipinski definition) is 1. The standard InChI is InChI=1S/C31H26F2N4O3/c32-25-9-4-8-23(27(25)33)20-40-24-12-10-22(11-13-24)28-26-19-34-15-17-36(26)29(35-28)31(14-5-16-37(31)30(38)39)18-21-6-2-1-3-7-21/h1-4,6-13,15,17,19H,5,14,16,18,20H2,(H,38,39)/t31-/m0/s1. The first-order chi connectivity index (χ1) is 19.5. The Kier molecular flexibility index (Phi) is 6.63. The van der Waals surface area contributed by atoms with Gasteiger partial charge in [-0.1, -0.05) is 42.5 Å². The van der Waals surface area contributed by atoms with Gasteiger partial charge in [-0.2, -0.15) is 0 Å². The number of rotatable bonds is 7. The quantitative estimate of drug-likeness (QED) is 0.256. The van der Waals surface area contributed by atoms with Gasteiger partial charge in [-0.3, -0.25) is 14.3 Å². The van der Waals surface area contributed by atoms with Crippen LogP contribution in [-0.4, -0.2) is 37.0 Å². The molecule has 1 N–H and O–H groups in total. The Labute approximate surface area is 229 Å². The zero-order valence-corrected chi connectivity index (χ0v) is 21.5. The molecule has 1 atom stereocenters. The second-order valence-corrected chi connectivity index (χ2v) is 9.87. The Morgan fingerprint density at radius 2 is 1.82 bits per heavy atom. The molecular formula is C31H26F2N4O3. The first-order valence-electron chi connectivity index (χ1n) is 13.0. The minimum atomic E-state index is -0.975. The number of ether oxygens (including phenoxy) is 1. The van der Waals surface area contributed by atoms with E-state index in [1.54, 1.807) is 24.5 Å². The van der Waals surface area contributed by atoms with Gasteiger partial charge in [0.05, 0.1) is 17.4 Å². The second-order valence-electron chi connectivity index (χ2n) is 9.87. The SMILES string of the molecule is O=C(O)N1CCC[C@]1(Cc1ccccc1)c1nc(-c2ccc(OCc3cccc(F)c3F)cc2)c2cnccn12. The molecule has 1 aliphatic heterocycles. The van der Waals surface area contributed by atoms with Gasteiger partial charge in [0.15, 0.2) is 11.6 Å². The van der Waals surface area contributed by atoms with Crippen molar-refractivity contribution in [2.24, 2.45) is 0 Å². The molecular weight excluding hydrogens is 514 g/mol. The third-order valence-electron chi connectivity index (χ3n) is 7.48. The van der Waals surface area contributed by atoms with Crippen LogP contribution in [0.3, 0.4) is 0 Å². The van der Waals surface area contributed by atoms with Crippen molar-refractivity contribution in [1.29, 1.82) is 0 Å². The Morgan fingerprint density at radius 1 is 1.02 bits per heavy atom. The van der Waals surface area contributed by atoms with Crippen LogP contribution in [0.15, 0.2) is 91.4 Å². The highest BCUT2D eigenvalue weighted by Crippen LogP contribution is 2.43. The van der Waals surface area contributed by atoms with Gasteiger partial charge in [0.1, 0.15) is 23.7 Å². The summed E-state index contributed by atoms with van der Waals surface area (Å²) in [4.78, 5) is 23.4. The molecule has 5 aromatic rings. The van der Waals surface area contributed by atoms with Crippen molar-refractivity contribution in [2.75, 3.05) is 6.54 Å². The molecule has 1 amide bonds. The van der Waals surface area contributed by atoms with E-state index in [2.05, 4.69) is 4.98 Å². The maximum atomic E-state index is 14.0. The van der Waals surface area contributed by atoms with Gasteiger partial charge in [-0.15, -0.1) is 0 Å². The van der Waals surface area contributed by atoms with Gasteiger partial charge in [0, 0.05) is 36.5 Å². The lowest BCUT2D eigenvalue weighted by Crippen LogP contribution is -2.47. The smallest absolute Gasteiger partial charge is 0.408 e. The third kappa shape index (κ3) is 4.53. The van der Waals surface area contributed by atoms with E-state index in [1.165, 1.54) is 17.0 Å². The molecule has 0 radical (unpaired) electrons. The van der Waals surface area contributed by atoms with Crippen molar-refractivity contribution in [3.63, 3.8) is 0 Å². The van der Waals surface area contributed by atoms with Crippen LogP contribution in [-0.2, 0) is 18.6 Å². The normalized spacial score (nSPS) is 16.9. The highest BCUT2D eigenvalue weighted by molar-refractivity contribution is 5.78. The summed E-state index contributed by atoms with van der Waals surface area (Å²) in [6.07, 6.45) is 6.09. The monoisotopic (exact) mass is 540 g/mol. The van der Waals surface area contributed by atoms with Gasteiger partial charge < -0.3 is 9.84 Å². The lowest BCUT2D eigenvalue weighted by molar-refractivity contribution is 0.0956. The number of halogens is 2. The Balaban J connectivity index is 1.37. The van der Waals surface area contributed by atoms with Crippen molar-refractivity contribution in [3.8, 4) is 17.0 Å². The Morgan fingerprint density at radius 3 is 2.60 bits per heavy atom. The number of hydrogen-bond acceptors (Lipinski definition) is 4. The number of fused-ring (bicyclic) bond motifs is 1. The zero-order valence-electron chi connectivity index (χ0n) is 21.5. The molecule has 7 nitrogen and oxygen atoms in total. The highest BCUT2D eigenvalue weighted by atomic mass is 19.2. The van der Waals surface area contributed by atoms with Crippen molar-refractivity contribution in [2.45, 2.75) is 31.4 Å². The summed E-state index contributed by atoms with van der Waals surface area (Å²) >= 11 is 0. The fourth-order valence-electron chi connectivity index (χ4n) is 5.60. The van der Waals surface area contributed by atoms with E-state index >= 15 is 0 Å². The van der Waals surface area contributed by atoms with Crippen LogP contribution in [0.2, 0.25) is 0 Å². The number of benzene rings is 3. The number of amides is 1. The predicted octanol–water partition coefficient (Wildman–Crippen LogP) is 6.47. The van der Waals surface area contributed by atoms with E-state index in [1.807, 2.05) is 53.1 Å². The summed E-state index contributed by atoms with van der Waals surface area (Å²) in [5.74, 6) is -0.704. The molecule has 202 valence electrons. The lowest BCUT2D eigenvalue weighted by atomic mass is 9.87. The van der Waals surface area contributed by atoms with Crippen LogP contribution in [0, 0.1) is 11.6 Å². The Bertz CT molecular complexity index is 1670. The average Bonchev–Trinajstić information content (AvgIpc) is 3.58. The topological polar surface area (TPSA) is 80.0 Å². The van der Waals surface area contributed by atoms with E-state index in [4.69, 9.17) is 9.72 Å². The summed E-state index contributed by atoms with van der Waals surface area (Å²) in [5, 5.41) is 10.2. The van der Waals surface area contributed by atoms with Crippen molar-refractivity contribution >= 4 is 11.6 Å². The molecule has 1 fully saturated rings. The largest absolute Gasteiger partial charge is 0.489 e. The third-order valence-corrected chi connectivity index (χ3v) is 7.48. The molecule has 6 rings (SSSR count). The summed E-state index contributed by atoms with van der Waals surface area (Å²) in [7, 11) is 0. The molecule has 3 heterocycles. The molecule has 3 aromatic carbocycles. The molecule has 2 aromatic heterocycles. The van der Waals surface area contributed by atoms with Crippen LogP contribution in [0.4, 0.5) is 13.6 Å². The zero-order chi connectivity index (χ0) is 27.7. The van der Waals surface area contributed by atoms with E-state index in [0.29, 0.717) is 36.7 Å². The maximum Gasteiger partial charge on any atom is 0.408 e. The van der Waals surface area contributed by atoms with Crippen LogP contribution in [0.1, 0.15) is 29.8 Å². The molecule has 0 unspecified atom stereocenters. The first kappa shape index (κ1) is 25.5. The van der Waals surface area contributed by atoms with Crippen LogP contribution in [0.25, 0.3) is 16.8 Å². The minimum Gasteiger partial charge on any atom is -0.489 e. The number of likely N-dealkylation sites (tertiary alicyclic amines) is 1. The molecule has 9 heteroatoms. The first-order valence-corrected chi connectivity index (χ1v) is 13.0. The van der Waals surface area contributed by atoms with Gasteiger partial charge in [0.25, 0.3) is 0 Å². The fourth-order valence-corrected chi connectivity index (χ4v) is 5.60. The Hall–Kier alpha value is -4.79. The molecule has 40 heavy (non-hydrogen) atoms. The number of nitrogens with zero attached hydrogens (tertiary/aromatic N) is 4. The molecule has 0 spiro atoms. The summed E-state index contributed by atoms with van der Waals surface area (Å²) in [6, 6.07) is 21.0. The molecule has 0 saturated carbocycles. The van der Waals surface area contributed by atoms with Crippen molar-refractivity contribution in [3.05, 3.63) is 120 Å². The van der Waals surface area contributed by atoms with Crippen LogP contribution in [0.5, 0.6) is 5.75 Å². The second kappa shape index (κ2) is 10.4. The lowest BCUT2D eigenvalue weighted by Gasteiger charge is -2.36. The summed E-state index contributed by atoms with van der Waals surface area (Å²) < 4.78 is 35.2. The van der Waals surface area contributed by atoms with Crippen LogP contribution >= 0.6 is 0 Å². The van der Waals surface area contributed by atoms with Gasteiger partial charge in [-0.05, 0) is 48.7 Å². The van der Waals surface area contributed by atoms with E-state index < -0.39 is 23.3 Å². The minimum absolute atomic E-state index is 0.114. The van der Waals surface area contributed by atoms with Crippen molar-refractivity contribution in [1.82, 2.24) is 19.3 Å². The van der Waals surface area contributed by atoms with E-state index in [9.17, 15) is 18.7 Å².